The average Bonchev–Trinajstić information content (AvgIpc) is 3.11. The molecule has 0 radical (unpaired) electrons. The molecule has 26 heavy (non-hydrogen) atoms. The summed E-state index contributed by atoms with van der Waals surface area (Å²) in [6.45, 7) is 0.283. The molecular formula is C16H21N5O5. The summed E-state index contributed by atoms with van der Waals surface area (Å²) in [6, 6.07) is 8.35. The Labute approximate surface area is 150 Å². The maximum Gasteiger partial charge on any atom is 0.408 e. The highest BCUT2D eigenvalue weighted by atomic mass is 16.6. The van der Waals surface area contributed by atoms with Crippen molar-refractivity contribution in [3.05, 3.63) is 41.7 Å². The molecule has 0 fully saturated rings. The number of carbonyl (C=O) groups excluding carboxylic acids is 2. The van der Waals surface area contributed by atoms with E-state index in [4.69, 9.17) is 14.2 Å². The minimum Gasteiger partial charge on any atom is -0.467 e. The highest BCUT2D eigenvalue weighted by molar-refractivity contribution is 5.81. The fraction of sp³-hybridized carbons (Fsp3) is 0.438. The molecule has 10 heteroatoms. The number of alkyl carbamates (subject to hydrolysis) is 1. The predicted octanol–water partition coefficient (Wildman–Crippen LogP) is 0.678. The van der Waals surface area contributed by atoms with E-state index in [0.717, 1.165) is 5.56 Å². The highest BCUT2D eigenvalue weighted by Crippen LogP contribution is 2.04. The molecule has 2 aromatic rings. The van der Waals surface area contributed by atoms with Gasteiger partial charge in [0, 0.05) is 13.5 Å². The number of aromatic nitrogens is 4. The molecule has 0 aliphatic rings. The summed E-state index contributed by atoms with van der Waals surface area (Å²) in [5, 5.41) is 14.2. The van der Waals surface area contributed by atoms with Crippen molar-refractivity contribution in [2.45, 2.75) is 32.2 Å². The first-order valence-corrected chi connectivity index (χ1v) is 7.93. The van der Waals surface area contributed by atoms with Gasteiger partial charge in [-0.3, -0.25) is 0 Å². The molecule has 0 aliphatic carbocycles. The molecule has 140 valence electrons. The monoisotopic (exact) mass is 363 g/mol. The first kappa shape index (κ1) is 19.3. The Morgan fingerprint density at radius 2 is 2.00 bits per heavy atom. The second-order valence-corrected chi connectivity index (χ2v) is 5.32. The van der Waals surface area contributed by atoms with Gasteiger partial charge < -0.3 is 19.5 Å². The van der Waals surface area contributed by atoms with Gasteiger partial charge in [-0.15, -0.1) is 15.0 Å². The molecule has 0 bridgehead atoms. The van der Waals surface area contributed by atoms with E-state index in [1.807, 2.05) is 30.3 Å². The Kier molecular flexibility index (Phi) is 7.49. The van der Waals surface area contributed by atoms with Gasteiger partial charge in [-0.25, -0.2) is 9.59 Å². The summed E-state index contributed by atoms with van der Waals surface area (Å²) in [5.41, 5.74) is 0.844. The molecule has 0 spiro atoms. The molecule has 1 N–H and O–H groups in total. The number of aryl methyl sites for hydroxylation is 1. The molecule has 0 saturated heterocycles. The summed E-state index contributed by atoms with van der Waals surface area (Å²) >= 11 is 0. The van der Waals surface area contributed by atoms with Crippen LogP contribution < -0.4 is 5.32 Å². The standard InChI is InChI=1S/C16H21N5O5/c1-24-11-21-19-14(18-20-21)9-8-13(15(22)25-2)17-16(23)26-10-12-6-4-3-5-7-12/h3-7,13H,8-11H2,1-2H3,(H,17,23)/t13-/m0/s1. The second kappa shape index (κ2) is 10.1. The Balaban J connectivity index is 1.85. The molecule has 1 heterocycles. The molecule has 10 nitrogen and oxygen atoms in total. The molecule has 0 unspecified atom stereocenters. The lowest BCUT2D eigenvalue weighted by atomic mass is 10.1. The largest absolute Gasteiger partial charge is 0.467 e. The van der Waals surface area contributed by atoms with Crippen LogP contribution in [0.25, 0.3) is 0 Å². The van der Waals surface area contributed by atoms with E-state index in [1.54, 1.807) is 0 Å². The zero-order chi connectivity index (χ0) is 18.8. The van der Waals surface area contributed by atoms with Gasteiger partial charge in [-0.2, -0.15) is 0 Å². The zero-order valence-corrected chi connectivity index (χ0v) is 14.6. The van der Waals surface area contributed by atoms with Crippen molar-refractivity contribution in [3.63, 3.8) is 0 Å². The van der Waals surface area contributed by atoms with Crippen LogP contribution in [0.2, 0.25) is 0 Å². The topological polar surface area (TPSA) is 117 Å². The van der Waals surface area contributed by atoms with Crippen LogP contribution in [0.1, 0.15) is 17.8 Å². The third-order valence-corrected chi connectivity index (χ3v) is 3.39. The molecule has 1 atom stereocenters. The Morgan fingerprint density at radius 1 is 1.23 bits per heavy atom. The maximum atomic E-state index is 11.9. The normalized spacial score (nSPS) is 11.6. The number of hydrogen-bond donors (Lipinski definition) is 1. The van der Waals surface area contributed by atoms with Crippen LogP contribution in [-0.4, -0.2) is 52.5 Å². The SMILES string of the molecule is COCn1nnc(CC[C@H](NC(=O)OCc2ccccc2)C(=O)OC)n1. The summed E-state index contributed by atoms with van der Waals surface area (Å²) in [4.78, 5) is 25.1. The molecule has 1 amide bonds. The lowest BCUT2D eigenvalue weighted by Crippen LogP contribution is -2.42. The van der Waals surface area contributed by atoms with Gasteiger partial charge in [0.25, 0.3) is 0 Å². The third-order valence-electron chi connectivity index (χ3n) is 3.39. The maximum absolute atomic E-state index is 11.9. The van der Waals surface area contributed by atoms with Crippen LogP contribution in [0.4, 0.5) is 4.79 Å². The molecule has 1 aromatic heterocycles. The predicted molar refractivity (Wildman–Crippen MR) is 88.7 cm³/mol. The van der Waals surface area contributed by atoms with Gasteiger partial charge in [-0.05, 0) is 17.2 Å². The number of carbonyl (C=O) groups is 2. The number of ether oxygens (including phenoxy) is 3. The van der Waals surface area contributed by atoms with E-state index in [0.29, 0.717) is 12.2 Å². The highest BCUT2D eigenvalue weighted by Gasteiger charge is 2.23. The third kappa shape index (κ3) is 6.13. The first-order chi connectivity index (χ1) is 12.6. The number of hydrogen-bond acceptors (Lipinski definition) is 8. The van der Waals surface area contributed by atoms with Gasteiger partial charge in [0.1, 0.15) is 12.6 Å². The molecule has 1 aromatic carbocycles. The van der Waals surface area contributed by atoms with Crippen molar-refractivity contribution >= 4 is 12.1 Å². The fourth-order valence-corrected chi connectivity index (χ4v) is 2.12. The van der Waals surface area contributed by atoms with E-state index in [2.05, 4.69) is 20.7 Å². The van der Waals surface area contributed by atoms with E-state index >= 15 is 0 Å². The molecular weight excluding hydrogens is 342 g/mol. The van der Waals surface area contributed by atoms with Crippen LogP contribution in [0.5, 0.6) is 0 Å². The summed E-state index contributed by atoms with van der Waals surface area (Å²) < 4.78 is 14.7. The van der Waals surface area contributed by atoms with Crippen LogP contribution in [0.3, 0.4) is 0 Å². The Bertz CT molecular complexity index is 706. The van der Waals surface area contributed by atoms with Crippen molar-refractivity contribution in [2.24, 2.45) is 0 Å². The quantitative estimate of drug-likeness (QED) is 0.646. The van der Waals surface area contributed by atoms with Gasteiger partial charge in [0.15, 0.2) is 12.6 Å². The minimum absolute atomic E-state index is 0.105. The molecule has 2 rings (SSSR count). The Morgan fingerprint density at radius 3 is 2.69 bits per heavy atom. The zero-order valence-electron chi connectivity index (χ0n) is 14.6. The van der Waals surface area contributed by atoms with Crippen LogP contribution >= 0.6 is 0 Å². The number of rotatable bonds is 9. The van der Waals surface area contributed by atoms with Gasteiger partial charge in [0.05, 0.1) is 7.11 Å². The van der Waals surface area contributed by atoms with E-state index < -0.39 is 18.1 Å². The van der Waals surface area contributed by atoms with Crippen molar-refractivity contribution in [2.75, 3.05) is 14.2 Å². The van der Waals surface area contributed by atoms with Crippen LogP contribution in [-0.2, 0) is 38.8 Å². The smallest absolute Gasteiger partial charge is 0.408 e. The number of amides is 1. The first-order valence-electron chi connectivity index (χ1n) is 7.93. The van der Waals surface area contributed by atoms with Gasteiger partial charge in [-0.1, -0.05) is 30.3 Å². The number of nitrogens with one attached hydrogen (secondary N) is 1. The molecule has 0 saturated carbocycles. The number of methoxy groups -OCH3 is 2. The van der Waals surface area contributed by atoms with E-state index in [1.165, 1.54) is 19.0 Å². The number of esters is 1. The lowest BCUT2D eigenvalue weighted by Gasteiger charge is -2.15. The summed E-state index contributed by atoms with van der Waals surface area (Å²) in [5.74, 6) is -0.152. The van der Waals surface area contributed by atoms with E-state index in [-0.39, 0.29) is 19.8 Å². The van der Waals surface area contributed by atoms with Crippen molar-refractivity contribution in [3.8, 4) is 0 Å². The number of nitrogens with zero attached hydrogens (tertiary/aromatic N) is 4. The fourth-order valence-electron chi connectivity index (χ4n) is 2.12. The minimum atomic E-state index is -0.877. The van der Waals surface area contributed by atoms with Crippen LogP contribution in [0.15, 0.2) is 30.3 Å². The summed E-state index contributed by atoms with van der Waals surface area (Å²) in [7, 11) is 2.76. The summed E-state index contributed by atoms with van der Waals surface area (Å²) in [6.07, 6.45) is -0.144. The number of benzene rings is 1. The lowest BCUT2D eigenvalue weighted by molar-refractivity contribution is -0.143. The van der Waals surface area contributed by atoms with Crippen molar-refractivity contribution in [1.29, 1.82) is 0 Å². The van der Waals surface area contributed by atoms with Crippen molar-refractivity contribution in [1.82, 2.24) is 25.5 Å². The van der Waals surface area contributed by atoms with Gasteiger partial charge in [0.2, 0.25) is 0 Å². The van der Waals surface area contributed by atoms with Crippen molar-refractivity contribution < 1.29 is 23.8 Å². The average molecular weight is 363 g/mol. The number of tetrazole rings is 1. The van der Waals surface area contributed by atoms with Crippen LogP contribution in [0, 0.1) is 0 Å². The van der Waals surface area contributed by atoms with E-state index in [9.17, 15) is 9.59 Å². The van der Waals surface area contributed by atoms with Gasteiger partial charge >= 0.3 is 12.1 Å². The second-order valence-electron chi connectivity index (χ2n) is 5.32. The Hall–Kier alpha value is -3.01. The molecule has 0 aliphatic heterocycles.